The molecule has 1 aliphatic rings. The van der Waals surface area contributed by atoms with Crippen LogP contribution in [0.4, 0.5) is 0 Å². The Morgan fingerprint density at radius 1 is 1.73 bits per heavy atom. The lowest BCUT2D eigenvalue weighted by Gasteiger charge is -2.13. The quantitative estimate of drug-likeness (QED) is 0.438. The van der Waals surface area contributed by atoms with Gasteiger partial charge in [-0.2, -0.15) is 0 Å². The minimum Gasteiger partial charge on any atom is -0.394 e. The van der Waals surface area contributed by atoms with Crippen molar-refractivity contribution in [3.05, 3.63) is 0 Å². The van der Waals surface area contributed by atoms with Crippen LogP contribution < -0.4 is 0 Å². The topological polar surface area (TPSA) is 87.0 Å². The molecule has 0 saturated carbocycles. The number of Topliss-reactive ketones (excluding diaryl/α,β-unsaturated/α-hetero) is 1. The van der Waals surface area contributed by atoms with Crippen LogP contribution in [0.5, 0.6) is 0 Å². The molecule has 1 aliphatic heterocycles. The van der Waals surface area contributed by atoms with Crippen molar-refractivity contribution in [1.29, 1.82) is 0 Å². The van der Waals surface area contributed by atoms with Crippen molar-refractivity contribution in [3.8, 4) is 0 Å². The third-order valence-electron chi connectivity index (χ3n) is 1.53. The highest BCUT2D eigenvalue weighted by Gasteiger charge is 2.36. The molecule has 0 radical (unpaired) electrons. The highest BCUT2D eigenvalue weighted by atomic mass is 16.6. The molecule has 0 aromatic carbocycles. The number of hydrogen-bond donors (Lipinski definition) is 3. The number of ether oxygens (including phenoxy) is 1. The van der Waals surface area contributed by atoms with Crippen LogP contribution >= 0.6 is 0 Å². The largest absolute Gasteiger partial charge is 0.394 e. The van der Waals surface area contributed by atoms with E-state index >= 15 is 0 Å². The van der Waals surface area contributed by atoms with Crippen LogP contribution in [0.2, 0.25) is 0 Å². The van der Waals surface area contributed by atoms with Crippen molar-refractivity contribution >= 4 is 5.78 Å². The molecule has 5 nitrogen and oxygen atoms in total. The second kappa shape index (κ2) is 3.27. The number of carbonyl (C=O) groups is 1. The number of ketones is 1. The molecule has 11 heavy (non-hydrogen) atoms. The lowest BCUT2D eigenvalue weighted by atomic mass is 10.1. The molecule has 1 saturated heterocycles. The summed E-state index contributed by atoms with van der Waals surface area (Å²) in [5.74, 6) is -0.376. The summed E-state index contributed by atoms with van der Waals surface area (Å²) < 4.78 is 4.62. The first-order chi connectivity index (χ1) is 5.15. The Hall–Kier alpha value is -0.490. The maximum absolute atomic E-state index is 10.8. The van der Waals surface area contributed by atoms with Crippen molar-refractivity contribution in [3.63, 3.8) is 0 Å². The predicted octanol–water partition coefficient (Wildman–Crippen LogP) is -1.98. The first-order valence-corrected chi connectivity index (χ1v) is 3.30. The standard InChI is InChI=1S/C6H10O5/c7-2-4(9)6-3(8)1-5(10)11-6/h4-7,9-10H,1-2H2/t4-,5?,6?/m0/s1. The van der Waals surface area contributed by atoms with Gasteiger partial charge in [0.25, 0.3) is 0 Å². The zero-order valence-electron chi connectivity index (χ0n) is 5.80. The smallest absolute Gasteiger partial charge is 0.169 e. The molecule has 64 valence electrons. The van der Waals surface area contributed by atoms with Crippen molar-refractivity contribution in [1.82, 2.24) is 0 Å². The maximum atomic E-state index is 10.8. The van der Waals surface area contributed by atoms with Gasteiger partial charge in [-0.3, -0.25) is 4.79 Å². The Bertz CT molecular complexity index is 157. The summed E-state index contributed by atoms with van der Waals surface area (Å²) in [7, 11) is 0. The fourth-order valence-corrected chi connectivity index (χ4v) is 0.983. The van der Waals surface area contributed by atoms with E-state index in [9.17, 15) is 4.79 Å². The van der Waals surface area contributed by atoms with Gasteiger partial charge in [0.05, 0.1) is 13.0 Å². The first kappa shape index (κ1) is 8.61. The molecular weight excluding hydrogens is 152 g/mol. The summed E-state index contributed by atoms with van der Waals surface area (Å²) in [4.78, 5) is 10.8. The van der Waals surface area contributed by atoms with Gasteiger partial charge in [0.15, 0.2) is 12.1 Å². The van der Waals surface area contributed by atoms with Gasteiger partial charge in [-0.1, -0.05) is 0 Å². The Morgan fingerprint density at radius 2 is 2.36 bits per heavy atom. The van der Waals surface area contributed by atoms with Crippen molar-refractivity contribution in [2.45, 2.75) is 24.9 Å². The molecule has 1 rings (SSSR count). The number of hydrogen-bond acceptors (Lipinski definition) is 5. The monoisotopic (exact) mass is 162 g/mol. The molecule has 0 aromatic rings. The number of aliphatic hydroxyl groups excluding tert-OH is 3. The molecule has 3 N–H and O–H groups in total. The lowest BCUT2D eigenvalue weighted by molar-refractivity contribution is -0.142. The van der Waals surface area contributed by atoms with E-state index in [-0.39, 0.29) is 12.2 Å². The molecular formula is C6H10O5. The minimum atomic E-state index is -1.22. The highest BCUT2D eigenvalue weighted by Crippen LogP contribution is 2.16. The van der Waals surface area contributed by atoms with E-state index in [2.05, 4.69) is 4.74 Å². The second-order valence-electron chi connectivity index (χ2n) is 2.43. The van der Waals surface area contributed by atoms with Crippen molar-refractivity contribution < 1.29 is 24.9 Å². The van der Waals surface area contributed by atoms with Crippen LogP contribution in [-0.4, -0.2) is 46.2 Å². The number of rotatable bonds is 2. The van der Waals surface area contributed by atoms with Crippen LogP contribution in [0.15, 0.2) is 0 Å². The third kappa shape index (κ3) is 1.75. The van der Waals surface area contributed by atoms with Gasteiger partial charge < -0.3 is 20.1 Å². The fourth-order valence-electron chi connectivity index (χ4n) is 0.983. The average Bonchev–Trinajstić information content (AvgIpc) is 2.28. The fraction of sp³-hybridized carbons (Fsp3) is 0.833. The van der Waals surface area contributed by atoms with Gasteiger partial charge in [-0.15, -0.1) is 0 Å². The summed E-state index contributed by atoms with van der Waals surface area (Å²) in [6.45, 7) is -0.539. The molecule has 0 amide bonds. The molecule has 1 fully saturated rings. The second-order valence-corrected chi connectivity index (χ2v) is 2.43. The third-order valence-corrected chi connectivity index (χ3v) is 1.53. The Labute approximate surface area is 63.2 Å². The molecule has 3 atom stereocenters. The Morgan fingerprint density at radius 3 is 2.73 bits per heavy atom. The Balaban J connectivity index is 2.52. The predicted molar refractivity (Wildman–Crippen MR) is 33.6 cm³/mol. The van der Waals surface area contributed by atoms with Gasteiger partial charge in [-0.05, 0) is 0 Å². The summed E-state index contributed by atoms with van der Waals surface area (Å²) >= 11 is 0. The minimum absolute atomic E-state index is 0.109. The maximum Gasteiger partial charge on any atom is 0.169 e. The van der Waals surface area contributed by atoms with E-state index < -0.39 is 25.1 Å². The summed E-state index contributed by atoms with van der Waals surface area (Å²) in [5, 5.41) is 26.2. The zero-order valence-corrected chi connectivity index (χ0v) is 5.80. The Kier molecular flexibility index (Phi) is 2.56. The number of carbonyl (C=O) groups excluding carboxylic acids is 1. The van der Waals surface area contributed by atoms with Crippen LogP contribution in [0, 0.1) is 0 Å². The lowest BCUT2D eigenvalue weighted by Crippen LogP contribution is -2.34. The average molecular weight is 162 g/mol. The van der Waals surface area contributed by atoms with E-state index in [1.54, 1.807) is 0 Å². The van der Waals surface area contributed by atoms with Crippen LogP contribution in [0.25, 0.3) is 0 Å². The van der Waals surface area contributed by atoms with Gasteiger partial charge in [0.1, 0.15) is 12.2 Å². The van der Waals surface area contributed by atoms with Crippen LogP contribution in [-0.2, 0) is 9.53 Å². The summed E-state index contributed by atoms with van der Waals surface area (Å²) in [6, 6.07) is 0. The summed E-state index contributed by atoms with van der Waals surface area (Å²) in [5.41, 5.74) is 0. The number of aliphatic hydroxyl groups is 3. The van der Waals surface area contributed by atoms with Crippen molar-refractivity contribution in [2.75, 3.05) is 6.61 Å². The molecule has 0 aliphatic carbocycles. The van der Waals surface area contributed by atoms with E-state index in [0.717, 1.165) is 0 Å². The normalized spacial score (nSPS) is 34.3. The van der Waals surface area contributed by atoms with Crippen LogP contribution in [0.1, 0.15) is 6.42 Å². The van der Waals surface area contributed by atoms with E-state index in [1.807, 2.05) is 0 Å². The van der Waals surface area contributed by atoms with Gasteiger partial charge in [0.2, 0.25) is 0 Å². The molecule has 1 heterocycles. The molecule has 5 heteroatoms. The van der Waals surface area contributed by atoms with E-state index in [4.69, 9.17) is 15.3 Å². The zero-order chi connectivity index (χ0) is 8.43. The van der Waals surface area contributed by atoms with E-state index in [1.165, 1.54) is 0 Å². The van der Waals surface area contributed by atoms with Crippen LogP contribution in [0.3, 0.4) is 0 Å². The first-order valence-electron chi connectivity index (χ1n) is 3.30. The van der Waals surface area contributed by atoms with Crippen molar-refractivity contribution in [2.24, 2.45) is 0 Å². The summed E-state index contributed by atoms with van der Waals surface area (Å²) in [6.07, 6.45) is -3.52. The SMILES string of the molecule is O=C1CC(O)OC1[C@@H](O)CO. The molecule has 0 aromatic heterocycles. The van der Waals surface area contributed by atoms with Gasteiger partial charge in [-0.25, -0.2) is 0 Å². The van der Waals surface area contributed by atoms with Gasteiger partial charge >= 0.3 is 0 Å². The molecule has 0 spiro atoms. The molecule has 2 unspecified atom stereocenters. The molecule has 0 bridgehead atoms. The van der Waals surface area contributed by atoms with Gasteiger partial charge in [0, 0.05) is 0 Å². The highest BCUT2D eigenvalue weighted by molar-refractivity contribution is 5.85. The van der Waals surface area contributed by atoms with E-state index in [0.29, 0.717) is 0 Å².